The van der Waals surface area contributed by atoms with Crippen LogP contribution in [0.15, 0.2) is 40.4 Å². The molecule has 0 radical (unpaired) electrons. The SMILES string of the molecule is Cc1cc([C@H](C(=O)N2C[C@H](O)CC2C(=O)NC(I)c2ccc(-c3scnc3C)cc2)C(C)C)on1. The largest absolute Gasteiger partial charge is 0.391 e. The number of aliphatic hydroxyl groups is 1. The summed E-state index contributed by atoms with van der Waals surface area (Å²) in [6.45, 7) is 7.76. The number of aliphatic hydroxyl groups excluding tert-OH is 1. The summed E-state index contributed by atoms with van der Waals surface area (Å²) in [6, 6.07) is 9.02. The van der Waals surface area contributed by atoms with Gasteiger partial charge in [0.1, 0.15) is 21.8 Å². The van der Waals surface area contributed by atoms with Crippen LogP contribution in [0.4, 0.5) is 0 Å². The molecule has 1 aliphatic heterocycles. The van der Waals surface area contributed by atoms with Crippen molar-refractivity contribution in [1.82, 2.24) is 20.4 Å². The van der Waals surface area contributed by atoms with Gasteiger partial charge in [0.25, 0.3) is 0 Å². The molecular weight excluding hydrogens is 579 g/mol. The van der Waals surface area contributed by atoms with Crippen LogP contribution in [-0.2, 0) is 9.59 Å². The normalized spacial score (nSPS) is 19.7. The van der Waals surface area contributed by atoms with Gasteiger partial charge in [0.15, 0.2) is 0 Å². The minimum atomic E-state index is -0.756. The lowest BCUT2D eigenvalue weighted by atomic mass is 9.91. The molecule has 2 aromatic heterocycles. The Morgan fingerprint density at radius 3 is 2.54 bits per heavy atom. The number of aromatic nitrogens is 2. The zero-order valence-electron chi connectivity index (χ0n) is 20.1. The summed E-state index contributed by atoms with van der Waals surface area (Å²) in [5.74, 6) is -0.676. The van der Waals surface area contributed by atoms with E-state index in [0.29, 0.717) is 11.5 Å². The Kier molecular flexibility index (Phi) is 7.92. The van der Waals surface area contributed by atoms with E-state index >= 15 is 0 Å². The number of nitrogens with zero attached hydrogens (tertiary/aromatic N) is 3. The van der Waals surface area contributed by atoms with Gasteiger partial charge in [-0.05, 0) is 30.9 Å². The second kappa shape index (κ2) is 10.8. The van der Waals surface area contributed by atoms with Crippen LogP contribution in [0.2, 0.25) is 0 Å². The molecule has 0 spiro atoms. The highest BCUT2D eigenvalue weighted by Crippen LogP contribution is 2.32. The second-order valence-electron chi connectivity index (χ2n) is 9.25. The van der Waals surface area contributed by atoms with E-state index in [0.717, 1.165) is 21.7 Å². The molecule has 0 aliphatic carbocycles. The van der Waals surface area contributed by atoms with Crippen molar-refractivity contribution in [1.29, 1.82) is 0 Å². The van der Waals surface area contributed by atoms with E-state index in [1.807, 2.05) is 50.5 Å². The topological polar surface area (TPSA) is 109 Å². The van der Waals surface area contributed by atoms with Crippen molar-refractivity contribution in [2.24, 2.45) is 5.92 Å². The highest BCUT2D eigenvalue weighted by molar-refractivity contribution is 14.1. The number of rotatable bonds is 7. The van der Waals surface area contributed by atoms with Crippen molar-refractivity contribution in [3.05, 3.63) is 58.6 Å². The van der Waals surface area contributed by atoms with Gasteiger partial charge in [-0.2, -0.15) is 0 Å². The molecule has 1 aliphatic rings. The molecule has 1 saturated heterocycles. The van der Waals surface area contributed by atoms with E-state index in [-0.39, 0.29) is 34.7 Å². The summed E-state index contributed by atoms with van der Waals surface area (Å²) in [4.78, 5) is 33.7. The van der Waals surface area contributed by atoms with E-state index in [9.17, 15) is 14.7 Å². The van der Waals surface area contributed by atoms with E-state index in [1.165, 1.54) is 4.90 Å². The molecule has 3 aromatic rings. The number of carbonyl (C=O) groups excluding carboxylic acids is 2. The van der Waals surface area contributed by atoms with Gasteiger partial charge in [0.05, 0.1) is 27.9 Å². The zero-order chi connectivity index (χ0) is 25.3. The van der Waals surface area contributed by atoms with Crippen LogP contribution in [0.3, 0.4) is 0 Å². The number of hydrogen-bond acceptors (Lipinski definition) is 7. The Balaban J connectivity index is 1.47. The van der Waals surface area contributed by atoms with Crippen LogP contribution in [0.25, 0.3) is 10.4 Å². The maximum atomic E-state index is 13.5. The predicted molar refractivity (Wildman–Crippen MR) is 142 cm³/mol. The van der Waals surface area contributed by atoms with Gasteiger partial charge in [-0.1, -0.05) is 65.9 Å². The molecule has 2 unspecified atom stereocenters. The first kappa shape index (κ1) is 25.8. The molecule has 4 atom stereocenters. The number of β-amino-alcohol motifs (C(OH)–C–C–N with tert-alkyl or cyclic N) is 1. The number of carbonyl (C=O) groups is 2. The molecule has 4 rings (SSSR count). The Bertz CT molecular complexity index is 1190. The van der Waals surface area contributed by atoms with Gasteiger partial charge in [-0.25, -0.2) is 4.98 Å². The summed E-state index contributed by atoms with van der Waals surface area (Å²) in [5.41, 5.74) is 5.54. The van der Waals surface area contributed by atoms with Crippen LogP contribution in [0.1, 0.15) is 52.9 Å². The Labute approximate surface area is 222 Å². The molecule has 8 nitrogen and oxygen atoms in total. The molecule has 1 fully saturated rings. The monoisotopic (exact) mass is 608 g/mol. The number of benzene rings is 1. The van der Waals surface area contributed by atoms with Crippen molar-refractivity contribution in [2.75, 3.05) is 6.54 Å². The minimum Gasteiger partial charge on any atom is -0.391 e. The highest BCUT2D eigenvalue weighted by atomic mass is 127. The minimum absolute atomic E-state index is 0.0608. The van der Waals surface area contributed by atoms with Crippen molar-refractivity contribution < 1.29 is 19.2 Å². The van der Waals surface area contributed by atoms with Crippen molar-refractivity contribution >= 4 is 45.7 Å². The number of halogens is 1. The van der Waals surface area contributed by atoms with Gasteiger partial charge in [0.2, 0.25) is 11.8 Å². The summed E-state index contributed by atoms with van der Waals surface area (Å²) in [6.07, 6.45) is -0.557. The Morgan fingerprint density at radius 2 is 1.97 bits per heavy atom. The molecule has 35 heavy (non-hydrogen) atoms. The smallest absolute Gasteiger partial charge is 0.244 e. The molecule has 3 heterocycles. The van der Waals surface area contributed by atoms with Crippen molar-refractivity contribution in [3.63, 3.8) is 0 Å². The van der Waals surface area contributed by atoms with Gasteiger partial charge < -0.3 is 19.8 Å². The second-order valence-corrected chi connectivity index (χ2v) is 11.3. The molecule has 0 bridgehead atoms. The van der Waals surface area contributed by atoms with Crippen LogP contribution >= 0.6 is 33.9 Å². The molecule has 186 valence electrons. The van der Waals surface area contributed by atoms with Crippen LogP contribution < -0.4 is 5.32 Å². The fourth-order valence-electron chi connectivity index (χ4n) is 4.44. The first-order valence-corrected chi connectivity index (χ1v) is 13.6. The average Bonchev–Trinajstić information content (AvgIpc) is 3.53. The highest BCUT2D eigenvalue weighted by Gasteiger charge is 2.43. The van der Waals surface area contributed by atoms with E-state index in [4.69, 9.17) is 4.52 Å². The fourth-order valence-corrected chi connectivity index (χ4v) is 5.97. The maximum Gasteiger partial charge on any atom is 0.244 e. The maximum absolute atomic E-state index is 13.5. The van der Waals surface area contributed by atoms with E-state index < -0.39 is 18.1 Å². The summed E-state index contributed by atoms with van der Waals surface area (Å²) in [5, 5.41) is 17.3. The summed E-state index contributed by atoms with van der Waals surface area (Å²) < 4.78 is 5.10. The van der Waals surface area contributed by atoms with Gasteiger partial charge in [0, 0.05) is 19.0 Å². The molecule has 0 saturated carbocycles. The number of likely N-dealkylation sites (tertiary alicyclic amines) is 1. The fraction of sp³-hybridized carbons (Fsp3) is 0.440. The first-order valence-electron chi connectivity index (χ1n) is 11.5. The number of nitrogens with one attached hydrogen (secondary N) is 1. The summed E-state index contributed by atoms with van der Waals surface area (Å²) in [7, 11) is 0. The van der Waals surface area contributed by atoms with Gasteiger partial charge in [-0.15, -0.1) is 11.3 Å². The Hall–Kier alpha value is -2.31. The summed E-state index contributed by atoms with van der Waals surface area (Å²) >= 11 is 3.77. The number of thiazole rings is 1. The molecule has 2 N–H and O–H groups in total. The average molecular weight is 609 g/mol. The zero-order valence-corrected chi connectivity index (χ0v) is 23.0. The molecule has 2 amide bonds. The molecule has 10 heteroatoms. The predicted octanol–water partition coefficient (Wildman–Crippen LogP) is 4.37. The lowest BCUT2D eigenvalue weighted by Gasteiger charge is -2.29. The lowest BCUT2D eigenvalue weighted by molar-refractivity contribution is -0.141. The van der Waals surface area contributed by atoms with Crippen molar-refractivity contribution in [2.45, 2.75) is 56.2 Å². The Morgan fingerprint density at radius 1 is 1.26 bits per heavy atom. The number of amides is 2. The van der Waals surface area contributed by atoms with Crippen LogP contribution in [-0.4, -0.2) is 50.7 Å². The number of aryl methyl sites for hydroxylation is 2. The number of alkyl halides is 1. The van der Waals surface area contributed by atoms with Crippen molar-refractivity contribution in [3.8, 4) is 10.4 Å². The van der Waals surface area contributed by atoms with E-state index in [1.54, 1.807) is 24.3 Å². The lowest BCUT2D eigenvalue weighted by Crippen LogP contribution is -2.48. The molecular formula is C25H29IN4O4S. The third-order valence-corrected chi connectivity index (χ3v) is 8.24. The standard InChI is InChI=1S/C25H29IN4O4S/c1-13(2)21(20-9-14(3)29-34-20)25(33)30-11-18(31)10-19(30)24(32)28-23(26)17-7-5-16(6-8-17)22-15(4)27-12-35-22/h5-9,12-13,18-19,21,23,31H,10-11H2,1-4H3,(H,28,32)/t18-,19?,21-,23?/m1/s1. The molecule has 1 aromatic carbocycles. The number of hydrogen-bond donors (Lipinski definition) is 2. The van der Waals surface area contributed by atoms with Gasteiger partial charge in [-0.3, -0.25) is 9.59 Å². The van der Waals surface area contributed by atoms with Crippen LogP contribution in [0, 0.1) is 19.8 Å². The van der Waals surface area contributed by atoms with Gasteiger partial charge >= 0.3 is 0 Å². The van der Waals surface area contributed by atoms with E-state index in [2.05, 4.69) is 38.0 Å². The third kappa shape index (κ3) is 5.59. The quantitative estimate of drug-likeness (QED) is 0.235. The first-order chi connectivity index (χ1) is 16.7. The third-order valence-electron chi connectivity index (χ3n) is 6.23. The van der Waals surface area contributed by atoms with Crippen LogP contribution in [0.5, 0.6) is 0 Å².